The van der Waals surface area contributed by atoms with E-state index in [1.54, 1.807) is 58.0 Å². The summed E-state index contributed by atoms with van der Waals surface area (Å²) >= 11 is 0. The normalized spacial score (nSPS) is 12.3. The Morgan fingerprint density at radius 1 is 0.512 bits per heavy atom. The molecule has 12 rings (SSSR count). The standard InChI is InChI=1S/C29H32FN7O6.C22H27N5O3.C9H11FN2O4.C7H7FN2O4.C5H8O2.C4H3FN2O2.Na.H2O/c1-17(2)20-13-21(24(39)14-23(20)38)26-32-33-29(43)37(26)19-5-3-18(4-6-19)15-34-9-11-35(12-10-34)25(40)7-8-36-16-22(30)27(41)31-28(36)42;1-14(2)17-11-18(20(29)12-19(17)28)21-24-25-22(30)27(21)16-5-3-15(4-6-16)13-26-9-7-23-8-10-26;1-2-16-7(13)3-4-12-5-6(10)8(14)11-9(12)15;8-4-3-10(2-1-5(11)12)7(14)9-6(4)13;1-3-5(6)7-4-2;5-2-1-6-4(9)7-3(2)8;;/h3-6,13-14,16-17,38-39H,7-12,15H2,1-2H3,(H,33,43)(H,31,41,42);3-6,11-12,14,23,28-29H,7-10,13H2,1-2H3,(H,25,30);5H,2-4H2,1H3,(H,11,14,15);3H,1-2H2,(H,11,12)(H,9,13,14);3H,1,4H2,2H3;1H,(H2,6,7,8,9);;1H2/q;;;;;;+1;/p-1. The molecule has 10 aromatic rings. The Hall–Kier alpha value is -13.1. The smallest absolute Gasteiger partial charge is 0.870 e. The summed E-state index contributed by atoms with van der Waals surface area (Å²) < 4.78 is 65.5. The number of aromatic hydroxyl groups is 4. The number of phenols is 4. The maximum Gasteiger partial charge on any atom is 1.00 e. The number of aromatic amines is 7. The Morgan fingerprint density at radius 3 is 1.26 bits per heavy atom. The average Bonchev–Trinajstić information content (AvgIpc) is 1.69. The molecule has 2 aliphatic rings. The van der Waals surface area contributed by atoms with Crippen LogP contribution in [0.4, 0.5) is 17.6 Å². The van der Waals surface area contributed by atoms with Crippen LogP contribution in [-0.2, 0) is 61.4 Å². The van der Waals surface area contributed by atoms with Crippen molar-refractivity contribution in [2.45, 2.75) is 105 Å². The van der Waals surface area contributed by atoms with Gasteiger partial charge in [0, 0.05) is 116 Å². The van der Waals surface area contributed by atoms with Crippen molar-refractivity contribution < 1.29 is 107 Å². The molecule has 14 N–H and O–H groups in total. The minimum atomic E-state index is -1.12. The maximum absolute atomic E-state index is 13.5. The number of hydrogen-bond donors (Lipinski definition) is 13. The summed E-state index contributed by atoms with van der Waals surface area (Å²) in [5, 5.41) is 66.1. The van der Waals surface area contributed by atoms with Gasteiger partial charge in [-0.2, -0.15) is 27.8 Å². The van der Waals surface area contributed by atoms with Crippen LogP contribution in [0.15, 0.2) is 158 Å². The molecule has 0 bridgehead atoms. The van der Waals surface area contributed by atoms with Gasteiger partial charge >= 0.3 is 81.6 Å². The average molecular weight is 1710 g/mol. The predicted octanol–water partition coefficient (Wildman–Crippen LogP) is -0.803. The molecule has 8 heterocycles. The monoisotopic (exact) mass is 1700 g/mol. The zero-order chi connectivity index (χ0) is 87.5. The SMILES string of the molecule is C=CC(=O)OCC.CC(C)c1cc(-c2n[nH]c(=O)n2-c2ccc(CN3CCN(C(=O)CCn4cc(F)c(=O)[nH]c4=O)CC3)cc2)c(O)cc1O.CC(C)c1cc(-c2n[nH]c(=O)n2-c2ccc(CN3CCNCC3)cc2)c(O)cc1O.CCOC(=O)CCn1cc(F)c(=O)[nH]c1=O.O=C(O)CCn1cc(F)c(=O)[nH]c1=O.O=c1[nH]cc(F)c(=O)[nH]1.[Na+].[OH-]. The Balaban J connectivity index is 0.000000288. The molecule has 121 heavy (non-hydrogen) atoms. The molecule has 45 heteroatoms. The number of carbonyl (C=O) groups excluding carboxylic acids is 3. The predicted molar refractivity (Wildman–Crippen MR) is 422 cm³/mol. The minimum Gasteiger partial charge on any atom is -0.870 e. The van der Waals surface area contributed by atoms with Crippen LogP contribution in [0.2, 0.25) is 0 Å². The van der Waals surface area contributed by atoms with E-state index in [9.17, 15) is 105 Å². The van der Waals surface area contributed by atoms with Crippen LogP contribution in [0.5, 0.6) is 23.0 Å². The van der Waals surface area contributed by atoms with Gasteiger partial charge in [0.05, 0.1) is 67.1 Å². The van der Waals surface area contributed by atoms with E-state index in [-0.39, 0.29) is 133 Å². The third kappa shape index (κ3) is 28.6. The van der Waals surface area contributed by atoms with Gasteiger partial charge in [0.2, 0.25) is 29.2 Å². The van der Waals surface area contributed by atoms with Gasteiger partial charge in [-0.05, 0) is 84.3 Å². The first kappa shape index (κ1) is 98.4. The molecule has 0 atom stereocenters. The third-order valence-corrected chi connectivity index (χ3v) is 17.6. The molecule has 6 aromatic heterocycles. The first-order valence-electron chi connectivity index (χ1n) is 36.7. The van der Waals surface area contributed by atoms with E-state index in [4.69, 9.17) is 5.11 Å². The number of nitrogens with zero attached hydrogens (tertiary/aromatic N) is 10. The fraction of sp³-hybridized carbons (Fsp3) is 0.342. The van der Waals surface area contributed by atoms with Crippen LogP contribution >= 0.6 is 0 Å². The summed E-state index contributed by atoms with van der Waals surface area (Å²) in [5.74, 6) is -6.16. The number of hydrogen-bond acceptors (Lipinski definition) is 26. The number of phenolic OH excluding ortho intramolecular Hbond substituents is 4. The van der Waals surface area contributed by atoms with E-state index in [0.717, 1.165) is 70.5 Å². The molecule has 0 radical (unpaired) electrons. The van der Waals surface area contributed by atoms with E-state index in [2.05, 4.69) is 51.6 Å². The molecule has 0 saturated carbocycles. The number of benzene rings is 4. The molecule has 0 spiro atoms. The van der Waals surface area contributed by atoms with Gasteiger partial charge in [0.1, 0.15) is 23.0 Å². The summed E-state index contributed by atoms with van der Waals surface area (Å²) in [6.45, 7) is 22.5. The van der Waals surface area contributed by atoms with Crippen molar-refractivity contribution in [3.8, 4) is 57.1 Å². The number of carbonyl (C=O) groups is 4. The molecule has 644 valence electrons. The van der Waals surface area contributed by atoms with E-state index >= 15 is 0 Å². The van der Waals surface area contributed by atoms with Crippen molar-refractivity contribution in [1.29, 1.82) is 0 Å². The molecule has 0 unspecified atom stereocenters. The van der Waals surface area contributed by atoms with Crippen molar-refractivity contribution in [2.24, 2.45) is 0 Å². The second kappa shape index (κ2) is 46.9. The van der Waals surface area contributed by atoms with Crippen LogP contribution in [0.1, 0.15) is 94.9 Å². The quantitative estimate of drug-likeness (QED) is 0.0171. The minimum absolute atomic E-state index is 0. The fourth-order valence-electron chi connectivity index (χ4n) is 11.5. The second-order valence-corrected chi connectivity index (χ2v) is 26.7. The van der Waals surface area contributed by atoms with Gasteiger partial charge < -0.3 is 55.7 Å². The first-order valence-corrected chi connectivity index (χ1v) is 36.7. The van der Waals surface area contributed by atoms with Crippen LogP contribution in [0.25, 0.3) is 34.2 Å². The number of piperazine rings is 2. The van der Waals surface area contributed by atoms with Crippen molar-refractivity contribution in [3.63, 3.8) is 0 Å². The van der Waals surface area contributed by atoms with Crippen LogP contribution in [-0.4, -0.2) is 203 Å². The largest absolute Gasteiger partial charge is 1.00 e. The molecule has 1 amide bonds. The number of ether oxygens (including phenoxy) is 2. The summed E-state index contributed by atoms with van der Waals surface area (Å²) in [7, 11) is 0. The summed E-state index contributed by atoms with van der Waals surface area (Å²) in [6, 6.07) is 21.0. The molecule has 2 saturated heterocycles. The molecule has 4 aromatic carbocycles. The number of esters is 2. The van der Waals surface area contributed by atoms with Gasteiger partial charge in [0.15, 0.2) is 11.6 Å². The van der Waals surface area contributed by atoms with Gasteiger partial charge in [-0.1, -0.05) is 58.5 Å². The number of halogens is 4. The third-order valence-electron chi connectivity index (χ3n) is 17.6. The first-order chi connectivity index (χ1) is 56.5. The number of nitrogens with one attached hydrogen (secondary N) is 8. The molecule has 40 nitrogen and oxygen atoms in total. The van der Waals surface area contributed by atoms with Gasteiger partial charge in [-0.3, -0.25) is 77.0 Å². The second-order valence-electron chi connectivity index (χ2n) is 26.7. The zero-order valence-electron chi connectivity index (χ0n) is 66.6. The van der Waals surface area contributed by atoms with E-state index < -0.39 is 91.6 Å². The van der Waals surface area contributed by atoms with Gasteiger partial charge in [-0.25, -0.2) is 52.9 Å². The number of aryl methyl sites for hydroxylation is 3. The zero-order valence-corrected chi connectivity index (χ0v) is 68.6. The summed E-state index contributed by atoms with van der Waals surface area (Å²) in [6.07, 6.45) is 3.74. The van der Waals surface area contributed by atoms with E-state index in [0.29, 0.717) is 91.2 Å². The number of carboxylic acid groups (broad SMARTS) is 1. The fourth-order valence-corrected chi connectivity index (χ4v) is 11.5. The Bertz CT molecular complexity index is 5850. The molecule has 2 fully saturated rings. The van der Waals surface area contributed by atoms with Crippen molar-refractivity contribution in [3.05, 3.63) is 260 Å². The van der Waals surface area contributed by atoms with Crippen molar-refractivity contribution >= 4 is 23.8 Å². The summed E-state index contributed by atoms with van der Waals surface area (Å²) in [4.78, 5) is 171. The topological polar surface area (TPSA) is 571 Å². The van der Waals surface area contributed by atoms with Gasteiger partial charge in [-0.15, -0.1) is 0 Å². The van der Waals surface area contributed by atoms with Crippen LogP contribution in [0, 0.1) is 23.3 Å². The van der Waals surface area contributed by atoms with Crippen molar-refractivity contribution in [2.75, 3.05) is 65.6 Å². The number of rotatable bonds is 22. The summed E-state index contributed by atoms with van der Waals surface area (Å²) in [5.41, 5.74) is -2.81. The van der Waals surface area contributed by atoms with E-state index in [1.165, 1.54) is 26.8 Å². The molecular formula is C76H89F4N18NaO22. The molecular weight excluding hydrogens is 1620 g/mol. The number of H-pyrrole nitrogens is 7. The molecule has 0 aliphatic carbocycles. The number of aliphatic carboxylic acids is 1. The number of carboxylic acids is 1. The van der Waals surface area contributed by atoms with Crippen molar-refractivity contribution in [1.82, 2.24) is 88.2 Å². The molecule has 2 aliphatic heterocycles. The van der Waals surface area contributed by atoms with Crippen LogP contribution in [0.3, 0.4) is 0 Å². The Morgan fingerprint density at radius 2 is 0.901 bits per heavy atom. The number of amides is 1. The van der Waals surface area contributed by atoms with E-state index in [1.807, 2.05) is 74.1 Å². The van der Waals surface area contributed by atoms with Crippen LogP contribution < -0.4 is 91.2 Å². The Labute approximate surface area is 703 Å². The van der Waals surface area contributed by atoms with Gasteiger partial charge in [0.25, 0.3) is 22.2 Å². The number of aromatic nitrogens is 14. The Kier molecular flexibility index (Phi) is 38.1. The maximum atomic E-state index is 13.5.